The number of hydrogen-bond acceptors (Lipinski definition) is 7. The lowest BCUT2D eigenvalue weighted by Crippen LogP contribution is -2.22. The van der Waals surface area contributed by atoms with E-state index in [9.17, 15) is 14.7 Å². The Hall–Kier alpha value is -4.24. The molecule has 0 fully saturated rings. The summed E-state index contributed by atoms with van der Waals surface area (Å²) in [5.74, 6) is -0.790. The van der Waals surface area contributed by atoms with E-state index in [0.717, 1.165) is 16.8 Å². The minimum absolute atomic E-state index is 0.0742. The maximum Gasteiger partial charge on any atom is 0.250 e. The van der Waals surface area contributed by atoms with E-state index in [1.54, 1.807) is 12.1 Å². The minimum atomic E-state index is -1.25. The second-order valence-corrected chi connectivity index (χ2v) is 8.28. The molecule has 1 N–H and O–H groups in total. The molecule has 0 aliphatic heterocycles. The zero-order valence-corrected chi connectivity index (χ0v) is 19.0. The van der Waals surface area contributed by atoms with Gasteiger partial charge in [-0.15, -0.1) is 10.2 Å². The van der Waals surface area contributed by atoms with Gasteiger partial charge < -0.3 is 9.90 Å². The fourth-order valence-corrected chi connectivity index (χ4v) is 3.85. The van der Waals surface area contributed by atoms with Crippen LogP contribution in [0, 0.1) is 6.92 Å². The Morgan fingerprint density at radius 2 is 1.71 bits per heavy atom. The Kier molecular flexibility index (Phi) is 7.14. The van der Waals surface area contributed by atoms with Crippen molar-refractivity contribution in [3.8, 4) is 17.1 Å². The molecule has 1 heterocycles. The molecule has 1 aromatic heterocycles. The van der Waals surface area contributed by atoms with Gasteiger partial charge in [-0.25, -0.2) is 5.43 Å². The number of hydrogen-bond donors (Lipinski definition) is 1. The average Bonchev–Trinajstić information content (AvgIpc) is 3.28. The van der Waals surface area contributed by atoms with Crippen molar-refractivity contribution in [2.24, 2.45) is 5.10 Å². The first-order valence-electron chi connectivity index (χ1n) is 10.4. The van der Waals surface area contributed by atoms with Crippen LogP contribution in [-0.2, 0) is 4.79 Å². The minimum Gasteiger partial charge on any atom is -0.545 e. The number of amides is 1. The van der Waals surface area contributed by atoms with Crippen molar-refractivity contribution >= 4 is 29.9 Å². The molecule has 4 rings (SSSR count). The van der Waals surface area contributed by atoms with E-state index < -0.39 is 5.97 Å². The van der Waals surface area contributed by atoms with Crippen LogP contribution in [0.3, 0.4) is 0 Å². The lowest BCUT2D eigenvalue weighted by Gasteiger charge is -2.10. The molecular weight excluding hydrogens is 450 g/mol. The molecule has 9 heteroatoms. The number of benzene rings is 3. The maximum absolute atomic E-state index is 12.3. The molecule has 34 heavy (non-hydrogen) atoms. The second-order valence-electron chi connectivity index (χ2n) is 7.33. The van der Waals surface area contributed by atoms with E-state index in [-0.39, 0.29) is 17.2 Å². The fraction of sp³-hybridized carbons (Fsp3) is 0.0800. The number of nitrogens with one attached hydrogen (secondary N) is 1. The van der Waals surface area contributed by atoms with Crippen molar-refractivity contribution in [1.82, 2.24) is 20.2 Å². The zero-order chi connectivity index (χ0) is 23.9. The first-order chi connectivity index (χ1) is 16.5. The Morgan fingerprint density at radius 1 is 1.00 bits per heavy atom. The highest BCUT2D eigenvalue weighted by molar-refractivity contribution is 7.99. The predicted octanol–water partition coefficient (Wildman–Crippen LogP) is 2.85. The Morgan fingerprint density at radius 3 is 2.38 bits per heavy atom. The number of nitrogens with zero attached hydrogens (tertiary/aromatic N) is 4. The number of aromatic carboxylic acids is 1. The molecular formula is C25H20N5O3S-. The zero-order valence-electron chi connectivity index (χ0n) is 18.2. The van der Waals surface area contributed by atoms with Gasteiger partial charge in [-0.3, -0.25) is 9.36 Å². The maximum atomic E-state index is 12.3. The molecule has 1 amide bonds. The van der Waals surface area contributed by atoms with Crippen LogP contribution >= 0.6 is 11.8 Å². The lowest BCUT2D eigenvalue weighted by molar-refractivity contribution is -0.255. The van der Waals surface area contributed by atoms with Gasteiger partial charge in [-0.05, 0) is 30.2 Å². The first kappa shape index (κ1) is 22.9. The number of carbonyl (C=O) groups is 2. The van der Waals surface area contributed by atoms with E-state index >= 15 is 0 Å². The molecule has 0 unspecified atom stereocenters. The summed E-state index contributed by atoms with van der Waals surface area (Å²) >= 11 is 1.25. The largest absolute Gasteiger partial charge is 0.545 e. The van der Waals surface area contributed by atoms with Crippen LogP contribution < -0.4 is 10.5 Å². The number of hydrazone groups is 1. The van der Waals surface area contributed by atoms with Crippen LogP contribution in [0.25, 0.3) is 17.1 Å². The molecule has 0 aliphatic carbocycles. The van der Waals surface area contributed by atoms with Gasteiger partial charge in [0.1, 0.15) is 0 Å². The van der Waals surface area contributed by atoms with Crippen molar-refractivity contribution < 1.29 is 14.7 Å². The number of carboxylic acid groups (broad SMARTS) is 1. The summed E-state index contributed by atoms with van der Waals surface area (Å²) in [4.78, 5) is 23.1. The van der Waals surface area contributed by atoms with Gasteiger partial charge in [0.05, 0.1) is 17.9 Å². The SMILES string of the molecule is Cc1ccc(-c2nnc(SCC(=O)NN=Cc3ccc(C(=O)[O-])cc3)n2-c2ccccc2)cc1. The number of para-hydroxylation sites is 1. The lowest BCUT2D eigenvalue weighted by atomic mass is 10.1. The van der Waals surface area contributed by atoms with Crippen LogP contribution in [0.4, 0.5) is 0 Å². The average molecular weight is 471 g/mol. The predicted molar refractivity (Wildman–Crippen MR) is 129 cm³/mol. The molecule has 170 valence electrons. The van der Waals surface area contributed by atoms with Gasteiger partial charge in [0.2, 0.25) is 0 Å². The van der Waals surface area contributed by atoms with Crippen molar-refractivity contribution in [3.05, 3.63) is 95.6 Å². The second kappa shape index (κ2) is 10.6. The van der Waals surface area contributed by atoms with Gasteiger partial charge in [0.25, 0.3) is 5.91 Å². The van der Waals surface area contributed by atoms with Crippen LogP contribution in [0.2, 0.25) is 0 Å². The third kappa shape index (κ3) is 5.57. The van der Waals surface area contributed by atoms with Crippen molar-refractivity contribution in [3.63, 3.8) is 0 Å². The van der Waals surface area contributed by atoms with E-state index in [0.29, 0.717) is 16.5 Å². The van der Waals surface area contributed by atoms with Crippen LogP contribution in [-0.4, -0.2) is 38.6 Å². The highest BCUT2D eigenvalue weighted by Crippen LogP contribution is 2.28. The Balaban J connectivity index is 1.45. The summed E-state index contributed by atoms with van der Waals surface area (Å²) in [7, 11) is 0. The van der Waals surface area contributed by atoms with Crippen molar-refractivity contribution in [2.75, 3.05) is 5.75 Å². The molecule has 3 aromatic carbocycles. The van der Waals surface area contributed by atoms with E-state index in [1.807, 2.05) is 66.1 Å². The summed E-state index contributed by atoms with van der Waals surface area (Å²) < 4.78 is 1.92. The molecule has 0 atom stereocenters. The van der Waals surface area contributed by atoms with Crippen molar-refractivity contribution in [1.29, 1.82) is 0 Å². The molecule has 0 radical (unpaired) electrons. The van der Waals surface area contributed by atoms with Gasteiger partial charge >= 0.3 is 0 Å². The third-order valence-electron chi connectivity index (χ3n) is 4.84. The number of carboxylic acids is 1. The molecule has 0 bridgehead atoms. The first-order valence-corrected chi connectivity index (χ1v) is 11.3. The van der Waals surface area contributed by atoms with Crippen LogP contribution in [0.5, 0.6) is 0 Å². The van der Waals surface area contributed by atoms with Gasteiger partial charge in [-0.1, -0.05) is 84.1 Å². The Labute approximate surface area is 200 Å². The molecule has 0 aliphatic rings. The molecule has 0 saturated heterocycles. The van der Waals surface area contributed by atoms with E-state index in [4.69, 9.17) is 0 Å². The van der Waals surface area contributed by atoms with Gasteiger partial charge in [-0.2, -0.15) is 5.10 Å². The molecule has 8 nitrogen and oxygen atoms in total. The molecule has 4 aromatic rings. The fourth-order valence-electron chi connectivity index (χ4n) is 3.11. The van der Waals surface area contributed by atoms with Crippen LogP contribution in [0.1, 0.15) is 21.5 Å². The summed E-state index contributed by atoms with van der Waals surface area (Å²) in [5, 5.41) is 24.0. The molecule has 0 saturated carbocycles. The highest BCUT2D eigenvalue weighted by Gasteiger charge is 2.17. The summed E-state index contributed by atoms with van der Waals surface area (Å²) in [6.07, 6.45) is 1.43. The highest BCUT2D eigenvalue weighted by atomic mass is 32.2. The third-order valence-corrected chi connectivity index (χ3v) is 5.77. The smallest absolute Gasteiger partial charge is 0.250 e. The summed E-state index contributed by atoms with van der Waals surface area (Å²) in [5.41, 5.74) is 6.15. The summed E-state index contributed by atoms with van der Waals surface area (Å²) in [6.45, 7) is 2.02. The monoisotopic (exact) mass is 470 g/mol. The van der Waals surface area contributed by atoms with E-state index in [1.165, 1.54) is 30.1 Å². The molecule has 0 spiro atoms. The van der Waals surface area contributed by atoms with Crippen LogP contribution in [0.15, 0.2) is 89.1 Å². The normalized spacial score (nSPS) is 11.0. The quantitative estimate of drug-likeness (QED) is 0.241. The number of aromatic nitrogens is 3. The van der Waals surface area contributed by atoms with Gasteiger partial charge in [0.15, 0.2) is 11.0 Å². The van der Waals surface area contributed by atoms with Gasteiger partial charge in [0, 0.05) is 11.3 Å². The van der Waals surface area contributed by atoms with E-state index in [2.05, 4.69) is 20.7 Å². The topological polar surface area (TPSA) is 112 Å². The summed E-state index contributed by atoms with van der Waals surface area (Å²) in [6, 6.07) is 23.7. The number of aryl methyl sites for hydroxylation is 1. The number of carbonyl (C=O) groups excluding carboxylic acids is 2. The number of rotatable bonds is 8. The number of thioether (sulfide) groups is 1. The standard InChI is InChI=1S/C25H21N5O3S/c1-17-7-11-19(12-8-17)23-28-29-25(30(23)21-5-3-2-4-6-21)34-16-22(31)27-26-15-18-9-13-20(14-10-18)24(32)33/h2-15H,16H2,1H3,(H,27,31)(H,32,33)/p-1. The Bertz CT molecular complexity index is 1320. The van der Waals surface area contributed by atoms with Crippen molar-refractivity contribution in [2.45, 2.75) is 12.1 Å².